The zero-order valence-electron chi connectivity index (χ0n) is 13.2. The summed E-state index contributed by atoms with van der Waals surface area (Å²) in [6.07, 6.45) is 1.52. The lowest BCUT2D eigenvalue weighted by Gasteiger charge is -2.09. The molecule has 0 atom stereocenters. The van der Waals surface area contributed by atoms with Crippen molar-refractivity contribution in [3.8, 4) is 23.0 Å². The molecule has 7 nitrogen and oxygen atoms in total. The summed E-state index contributed by atoms with van der Waals surface area (Å²) in [7, 11) is 3.14. The van der Waals surface area contributed by atoms with E-state index in [4.69, 9.17) is 18.4 Å². The average molecular weight is 328 g/mol. The first-order chi connectivity index (χ1) is 11.7. The van der Waals surface area contributed by atoms with E-state index in [1.807, 2.05) is 12.1 Å². The highest BCUT2D eigenvalue weighted by molar-refractivity contribution is 5.92. The molecule has 0 unspecified atom stereocenters. The maximum atomic E-state index is 12.2. The molecule has 1 amide bonds. The minimum Gasteiger partial charge on any atom is -0.497 e. The summed E-state index contributed by atoms with van der Waals surface area (Å²) in [5.41, 5.74) is 1.02. The van der Waals surface area contributed by atoms with E-state index in [0.29, 0.717) is 29.6 Å². The van der Waals surface area contributed by atoms with E-state index in [9.17, 15) is 4.79 Å². The molecule has 0 saturated carbocycles. The summed E-state index contributed by atoms with van der Waals surface area (Å²) >= 11 is 0. The molecule has 0 aliphatic rings. The van der Waals surface area contributed by atoms with Gasteiger partial charge in [-0.05, 0) is 29.8 Å². The van der Waals surface area contributed by atoms with E-state index >= 15 is 0 Å². The van der Waals surface area contributed by atoms with Crippen LogP contribution in [0.15, 0.2) is 51.6 Å². The number of ether oxygens (including phenoxy) is 2. The minimum atomic E-state index is -0.349. The van der Waals surface area contributed by atoms with Gasteiger partial charge in [-0.3, -0.25) is 4.79 Å². The quantitative estimate of drug-likeness (QED) is 0.749. The number of rotatable bonds is 6. The third-order valence-corrected chi connectivity index (χ3v) is 3.37. The smallest absolute Gasteiger partial charge is 0.273 e. The van der Waals surface area contributed by atoms with Gasteiger partial charge in [0, 0.05) is 18.7 Å². The second kappa shape index (κ2) is 6.91. The number of carbonyl (C=O) groups is 1. The Morgan fingerprint density at radius 1 is 1.12 bits per heavy atom. The van der Waals surface area contributed by atoms with Crippen molar-refractivity contribution in [3.05, 3.63) is 53.9 Å². The Labute approximate surface area is 138 Å². The maximum Gasteiger partial charge on any atom is 0.273 e. The number of nitrogens with one attached hydrogen (secondary N) is 1. The Kier molecular flexibility index (Phi) is 4.51. The minimum absolute atomic E-state index is 0.177. The lowest BCUT2D eigenvalue weighted by molar-refractivity contribution is 0.0942. The number of hydrogen-bond acceptors (Lipinski definition) is 6. The molecule has 0 aliphatic heterocycles. The molecule has 1 N–H and O–H groups in total. The number of methoxy groups -OCH3 is 2. The molecular weight excluding hydrogens is 312 g/mol. The molecule has 3 aromatic rings. The van der Waals surface area contributed by atoms with Crippen molar-refractivity contribution in [1.82, 2.24) is 10.5 Å². The van der Waals surface area contributed by atoms with Crippen molar-refractivity contribution in [2.24, 2.45) is 0 Å². The Balaban J connectivity index is 1.67. The lowest BCUT2D eigenvalue weighted by atomic mass is 10.2. The fourth-order valence-electron chi connectivity index (χ4n) is 2.16. The molecule has 124 valence electrons. The summed E-state index contributed by atoms with van der Waals surface area (Å²) in [6.45, 7) is 0.301. The van der Waals surface area contributed by atoms with E-state index < -0.39 is 0 Å². The fourth-order valence-corrected chi connectivity index (χ4v) is 2.16. The van der Waals surface area contributed by atoms with Crippen LogP contribution in [0.3, 0.4) is 0 Å². The van der Waals surface area contributed by atoms with E-state index in [1.165, 1.54) is 12.3 Å². The van der Waals surface area contributed by atoms with Crippen LogP contribution in [0.25, 0.3) is 11.5 Å². The van der Waals surface area contributed by atoms with Crippen molar-refractivity contribution < 1.29 is 23.2 Å². The molecule has 2 heterocycles. The summed E-state index contributed by atoms with van der Waals surface area (Å²) < 4.78 is 20.7. The molecule has 0 fully saturated rings. The normalized spacial score (nSPS) is 10.4. The highest BCUT2D eigenvalue weighted by Gasteiger charge is 2.15. The van der Waals surface area contributed by atoms with Crippen LogP contribution in [-0.2, 0) is 6.54 Å². The molecule has 0 bridgehead atoms. The second-order valence-corrected chi connectivity index (χ2v) is 4.96. The van der Waals surface area contributed by atoms with Crippen LogP contribution in [0.1, 0.15) is 16.1 Å². The van der Waals surface area contributed by atoms with Crippen molar-refractivity contribution in [1.29, 1.82) is 0 Å². The standard InChI is InChI=1S/C17H16N2O5/c1-21-12-6-11(7-13(8-12)22-2)10-18-17(20)14-9-16(24-19-14)15-4-3-5-23-15/h3-9H,10H2,1-2H3,(H,18,20). The van der Waals surface area contributed by atoms with Crippen molar-refractivity contribution in [2.75, 3.05) is 14.2 Å². The zero-order valence-corrected chi connectivity index (χ0v) is 13.2. The first-order valence-corrected chi connectivity index (χ1v) is 7.20. The number of hydrogen-bond donors (Lipinski definition) is 1. The number of nitrogens with zero attached hydrogens (tertiary/aromatic N) is 1. The number of furan rings is 1. The Bertz CT molecular complexity index is 801. The number of amides is 1. The van der Waals surface area contributed by atoms with Gasteiger partial charge < -0.3 is 23.7 Å². The highest BCUT2D eigenvalue weighted by Crippen LogP contribution is 2.23. The van der Waals surface area contributed by atoms with Gasteiger partial charge in [-0.1, -0.05) is 5.16 Å². The van der Waals surface area contributed by atoms with Crippen LogP contribution in [0.2, 0.25) is 0 Å². The third-order valence-electron chi connectivity index (χ3n) is 3.37. The molecule has 1 aromatic carbocycles. The largest absolute Gasteiger partial charge is 0.497 e. The fraction of sp³-hybridized carbons (Fsp3) is 0.176. The molecular formula is C17H16N2O5. The predicted octanol–water partition coefficient (Wildman–Crippen LogP) is 2.88. The van der Waals surface area contributed by atoms with E-state index in [1.54, 1.807) is 32.4 Å². The van der Waals surface area contributed by atoms with E-state index in [2.05, 4.69) is 10.5 Å². The first-order valence-electron chi connectivity index (χ1n) is 7.20. The van der Waals surface area contributed by atoms with Gasteiger partial charge in [0.1, 0.15) is 11.5 Å². The Hall–Kier alpha value is -3.22. The van der Waals surface area contributed by atoms with Crippen molar-refractivity contribution >= 4 is 5.91 Å². The van der Waals surface area contributed by atoms with Crippen LogP contribution in [0.4, 0.5) is 0 Å². The van der Waals surface area contributed by atoms with Crippen LogP contribution < -0.4 is 14.8 Å². The molecule has 0 radical (unpaired) electrons. The van der Waals surface area contributed by atoms with Crippen molar-refractivity contribution in [3.63, 3.8) is 0 Å². The highest BCUT2D eigenvalue weighted by atomic mass is 16.5. The average Bonchev–Trinajstić information content (AvgIpc) is 3.30. The summed E-state index contributed by atoms with van der Waals surface area (Å²) in [4.78, 5) is 12.2. The molecule has 7 heteroatoms. The summed E-state index contributed by atoms with van der Waals surface area (Å²) in [5, 5.41) is 6.53. The zero-order chi connectivity index (χ0) is 16.9. The van der Waals surface area contributed by atoms with Gasteiger partial charge in [-0.25, -0.2) is 0 Å². The van der Waals surface area contributed by atoms with Crippen LogP contribution in [-0.4, -0.2) is 25.3 Å². The van der Waals surface area contributed by atoms with Gasteiger partial charge in [0.05, 0.1) is 20.5 Å². The van der Waals surface area contributed by atoms with Gasteiger partial charge in [0.2, 0.25) is 5.76 Å². The van der Waals surface area contributed by atoms with Gasteiger partial charge >= 0.3 is 0 Å². The van der Waals surface area contributed by atoms with Crippen LogP contribution >= 0.6 is 0 Å². The molecule has 0 spiro atoms. The maximum absolute atomic E-state index is 12.2. The van der Waals surface area contributed by atoms with Crippen LogP contribution in [0, 0.1) is 0 Å². The van der Waals surface area contributed by atoms with E-state index in [0.717, 1.165) is 5.56 Å². The molecule has 2 aromatic heterocycles. The predicted molar refractivity (Wildman–Crippen MR) is 84.9 cm³/mol. The number of aromatic nitrogens is 1. The number of carbonyl (C=O) groups excluding carboxylic acids is 1. The van der Waals surface area contributed by atoms with Gasteiger partial charge in [0.25, 0.3) is 5.91 Å². The SMILES string of the molecule is COc1cc(CNC(=O)c2cc(-c3ccco3)on2)cc(OC)c1. The topological polar surface area (TPSA) is 86.7 Å². The molecule has 3 rings (SSSR count). The van der Waals surface area contributed by atoms with Gasteiger partial charge in [-0.15, -0.1) is 0 Å². The summed E-state index contributed by atoms with van der Waals surface area (Å²) in [6, 6.07) is 10.4. The van der Waals surface area contributed by atoms with Crippen LogP contribution in [0.5, 0.6) is 11.5 Å². The van der Waals surface area contributed by atoms with Gasteiger partial charge in [0.15, 0.2) is 11.5 Å². The molecule has 0 aliphatic carbocycles. The second-order valence-electron chi connectivity index (χ2n) is 4.96. The Morgan fingerprint density at radius 2 is 1.88 bits per heavy atom. The van der Waals surface area contributed by atoms with Gasteiger partial charge in [-0.2, -0.15) is 0 Å². The lowest BCUT2D eigenvalue weighted by Crippen LogP contribution is -2.23. The van der Waals surface area contributed by atoms with E-state index in [-0.39, 0.29) is 11.6 Å². The first kappa shape index (κ1) is 15.7. The van der Waals surface area contributed by atoms with Crippen molar-refractivity contribution in [2.45, 2.75) is 6.54 Å². The monoisotopic (exact) mass is 328 g/mol. The number of benzene rings is 1. The third kappa shape index (κ3) is 3.40. The Morgan fingerprint density at radius 3 is 2.50 bits per heavy atom. The summed E-state index contributed by atoms with van der Waals surface area (Å²) in [5.74, 6) is 1.87. The molecule has 24 heavy (non-hydrogen) atoms. The molecule has 0 saturated heterocycles.